The van der Waals surface area contributed by atoms with Gasteiger partial charge in [-0.2, -0.15) is 4.52 Å². The number of nitrogens with two attached hydrogens (primary N) is 1. The van der Waals surface area contributed by atoms with E-state index in [2.05, 4.69) is 25.3 Å². The van der Waals surface area contributed by atoms with E-state index in [4.69, 9.17) is 5.73 Å². The first-order valence-corrected chi connectivity index (χ1v) is 4.90. The quantitative estimate of drug-likeness (QED) is 0.629. The van der Waals surface area contributed by atoms with E-state index in [1.165, 1.54) is 11.3 Å². The minimum atomic E-state index is 0.449. The van der Waals surface area contributed by atoms with Crippen LogP contribution < -0.4 is 5.73 Å². The van der Waals surface area contributed by atoms with Crippen molar-refractivity contribution >= 4 is 21.4 Å². The van der Waals surface area contributed by atoms with Gasteiger partial charge in [0.05, 0.1) is 6.20 Å². The summed E-state index contributed by atoms with van der Waals surface area (Å²) in [6, 6.07) is 0. The zero-order valence-electron chi connectivity index (χ0n) is 7.40. The molecule has 0 saturated heterocycles. The van der Waals surface area contributed by atoms with Gasteiger partial charge in [-0.3, -0.25) is 4.98 Å². The van der Waals surface area contributed by atoms with Crippen molar-refractivity contribution in [1.82, 2.24) is 29.8 Å². The summed E-state index contributed by atoms with van der Waals surface area (Å²) in [5.41, 5.74) is 6.19. The molecular weight excluding hydrogens is 214 g/mol. The van der Waals surface area contributed by atoms with Gasteiger partial charge < -0.3 is 5.73 Å². The highest BCUT2D eigenvalue weighted by Gasteiger charge is 2.12. The summed E-state index contributed by atoms with van der Waals surface area (Å²) in [5.74, 6) is 0.547. The zero-order valence-corrected chi connectivity index (χ0v) is 8.22. The van der Waals surface area contributed by atoms with Crippen molar-refractivity contribution in [3.63, 3.8) is 0 Å². The predicted molar refractivity (Wildman–Crippen MR) is 54.1 cm³/mol. The number of hydrogen-bond donors (Lipinski definition) is 1. The fraction of sp³-hybridized carbons (Fsp3) is 0. The second-order valence-corrected chi connectivity index (χ2v) is 3.74. The van der Waals surface area contributed by atoms with E-state index in [0.29, 0.717) is 21.6 Å². The molecule has 74 valence electrons. The summed E-state index contributed by atoms with van der Waals surface area (Å²) in [5, 5.41) is 12.4. The lowest BCUT2D eigenvalue weighted by Crippen LogP contribution is -1.94. The fourth-order valence-electron chi connectivity index (χ4n) is 1.21. The van der Waals surface area contributed by atoms with Crippen LogP contribution in [-0.2, 0) is 0 Å². The molecule has 0 atom stereocenters. The lowest BCUT2D eigenvalue weighted by atomic mass is 10.4. The van der Waals surface area contributed by atoms with E-state index in [9.17, 15) is 0 Å². The van der Waals surface area contributed by atoms with Crippen LogP contribution in [-0.4, -0.2) is 29.8 Å². The number of nitrogens with zero attached hydrogens (tertiary/aromatic N) is 6. The number of rotatable bonds is 1. The van der Waals surface area contributed by atoms with Crippen LogP contribution >= 0.6 is 11.3 Å². The summed E-state index contributed by atoms with van der Waals surface area (Å²) in [6.07, 6.45) is 4.79. The maximum atomic E-state index is 5.56. The summed E-state index contributed by atoms with van der Waals surface area (Å²) in [4.78, 5) is 8.72. The Kier molecular flexibility index (Phi) is 1.62. The summed E-state index contributed by atoms with van der Waals surface area (Å²) < 4.78 is 1.56. The van der Waals surface area contributed by atoms with Crippen LogP contribution in [0.25, 0.3) is 16.5 Å². The molecule has 3 aromatic rings. The summed E-state index contributed by atoms with van der Waals surface area (Å²) >= 11 is 1.28. The van der Waals surface area contributed by atoms with Gasteiger partial charge in [0.15, 0.2) is 0 Å². The standard InChI is InChI=1S/C7H5N7S/c8-6-13-14-5(11-12-7(14)15-6)4-3-9-1-2-10-4/h1-3H,(H2,8,13). The third-order valence-corrected chi connectivity index (χ3v) is 2.53. The van der Waals surface area contributed by atoms with Crippen LogP contribution in [0.5, 0.6) is 0 Å². The van der Waals surface area contributed by atoms with Gasteiger partial charge in [0, 0.05) is 12.4 Å². The molecule has 3 rings (SSSR count). The van der Waals surface area contributed by atoms with E-state index < -0.39 is 0 Å². The van der Waals surface area contributed by atoms with Crippen LogP contribution in [0.15, 0.2) is 18.6 Å². The zero-order chi connectivity index (χ0) is 10.3. The summed E-state index contributed by atoms with van der Waals surface area (Å²) in [6.45, 7) is 0. The van der Waals surface area contributed by atoms with Crippen molar-refractivity contribution in [3.05, 3.63) is 18.6 Å². The van der Waals surface area contributed by atoms with Gasteiger partial charge in [-0.25, -0.2) is 4.98 Å². The van der Waals surface area contributed by atoms with Crippen LogP contribution in [0.1, 0.15) is 0 Å². The number of aromatic nitrogens is 6. The van der Waals surface area contributed by atoms with Crippen LogP contribution in [0.2, 0.25) is 0 Å². The number of nitrogen functional groups attached to an aromatic ring is 1. The first-order valence-electron chi connectivity index (χ1n) is 4.09. The summed E-state index contributed by atoms with van der Waals surface area (Å²) in [7, 11) is 0. The molecule has 0 fully saturated rings. The van der Waals surface area contributed by atoms with Gasteiger partial charge in [0.25, 0.3) is 0 Å². The molecule has 0 spiro atoms. The minimum absolute atomic E-state index is 0.449. The lowest BCUT2D eigenvalue weighted by Gasteiger charge is -1.92. The fourth-order valence-corrected chi connectivity index (χ4v) is 1.81. The van der Waals surface area contributed by atoms with Gasteiger partial charge >= 0.3 is 0 Å². The smallest absolute Gasteiger partial charge is 0.236 e. The van der Waals surface area contributed by atoms with Crippen molar-refractivity contribution < 1.29 is 0 Å². The number of hydrogen-bond acceptors (Lipinski definition) is 7. The Labute approximate surface area is 87.6 Å². The second-order valence-electron chi connectivity index (χ2n) is 2.75. The highest BCUT2D eigenvalue weighted by Crippen LogP contribution is 2.19. The van der Waals surface area contributed by atoms with Crippen molar-refractivity contribution in [3.8, 4) is 11.5 Å². The van der Waals surface area contributed by atoms with Crippen molar-refractivity contribution in [1.29, 1.82) is 0 Å². The van der Waals surface area contributed by atoms with Crippen molar-refractivity contribution in [2.75, 3.05) is 5.73 Å². The Balaban J connectivity index is 2.27. The number of fused-ring (bicyclic) bond motifs is 1. The molecule has 0 aromatic carbocycles. The first-order chi connectivity index (χ1) is 7.34. The van der Waals surface area contributed by atoms with Gasteiger partial charge in [0.2, 0.25) is 15.9 Å². The molecule has 0 aliphatic heterocycles. The van der Waals surface area contributed by atoms with Crippen LogP contribution in [0.4, 0.5) is 5.13 Å². The molecule has 0 amide bonds. The molecule has 0 saturated carbocycles. The normalized spacial score (nSPS) is 10.9. The molecular formula is C7H5N7S. The largest absolute Gasteiger partial charge is 0.374 e. The minimum Gasteiger partial charge on any atom is -0.374 e. The molecule has 0 unspecified atom stereocenters. The first kappa shape index (κ1) is 8.24. The van der Waals surface area contributed by atoms with E-state index in [0.717, 1.165) is 0 Å². The van der Waals surface area contributed by atoms with E-state index >= 15 is 0 Å². The van der Waals surface area contributed by atoms with E-state index in [1.807, 2.05) is 0 Å². The van der Waals surface area contributed by atoms with Crippen LogP contribution in [0, 0.1) is 0 Å². The highest BCUT2D eigenvalue weighted by atomic mass is 32.1. The molecule has 0 bridgehead atoms. The Morgan fingerprint density at radius 1 is 1.27 bits per heavy atom. The Hall–Kier alpha value is -2.09. The maximum absolute atomic E-state index is 5.56. The van der Waals surface area contributed by atoms with Gasteiger partial charge in [-0.1, -0.05) is 11.3 Å². The SMILES string of the molecule is Nc1nn2c(-c3cnccn3)nnc2s1. The Morgan fingerprint density at radius 2 is 2.20 bits per heavy atom. The topological polar surface area (TPSA) is 94.9 Å². The van der Waals surface area contributed by atoms with Crippen molar-refractivity contribution in [2.45, 2.75) is 0 Å². The van der Waals surface area contributed by atoms with E-state index in [1.54, 1.807) is 23.1 Å². The predicted octanol–water partition coefficient (Wildman–Crippen LogP) is 0.225. The average molecular weight is 219 g/mol. The number of anilines is 1. The molecule has 0 aliphatic carbocycles. The molecule has 3 heterocycles. The lowest BCUT2D eigenvalue weighted by molar-refractivity contribution is 0.959. The van der Waals surface area contributed by atoms with Crippen molar-refractivity contribution in [2.24, 2.45) is 0 Å². The Bertz CT molecular complexity index is 598. The monoisotopic (exact) mass is 219 g/mol. The molecule has 2 N–H and O–H groups in total. The second kappa shape index (κ2) is 2.95. The molecule has 0 radical (unpaired) electrons. The molecule has 3 aromatic heterocycles. The molecule has 15 heavy (non-hydrogen) atoms. The third kappa shape index (κ3) is 1.22. The van der Waals surface area contributed by atoms with E-state index in [-0.39, 0.29) is 0 Å². The third-order valence-electron chi connectivity index (χ3n) is 1.80. The average Bonchev–Trinajstić information content (AvgIpc) is 2.77. The van der Waals surface area contributed by atoms with Gasteiger partial charge in [-0.15, -0.1) is 15.3 Å². The Morgan fingerprint density at radius 3 is 3.00 bits per heavy atom. The highest BCUT2D eigenvalue weighted by molar-refractivity contribution is 7.20. The molecule has 7 nitrogen and oxygen atoms in total. The molecule has 0 aliphatic rings. The maximum Gasteiger partial charge on any atom is 0.236 e. The van der Waals surface area contributed by atoms with Crippen LogP contribution in [0.3, 0.4) is 0 Å². The van der Waals surface area contributed by atoms with Gasteiger partial charge in [0.1, 0.15) is 5.69 Å². The molecule has 8 heteroatoms. The van der Waals surface area contributed by atoms with Gasteiger partial charge in [-0.05, 0) is 0 Å².